The topological polar surface area (TPSA) is 52.3 Å². The minimum atomic E-state index is -0.461. The number of primary amides is 1. The molecule has 0 saturated carbocycles. The molecular formula is C12H11NO2S. The summed E-state index contributed by atoms with van der Waals surface area (Å²) in [5.41, 5.74) is 6.39. The lowest BCUT2D eigenvalue weighted by Crippen LogP contribution is -2.09. The molecule has 0 radical (unpaired) electrons. The molecule has 1 aromatic heterocycles. The van der Waals surface area contributed by atoms with Crippen LogP contribution in [0.5, 0.6) is 11.5 Å². The van der Waals surface area contributed by atoms with Gasteiger partial charge in [0.25, 0.3) is 5.91 Å². The molecule has 0 atom stereocenters. The van der Waals surface area contributed by atoms with Crippen molar-refractivity contribution < 1.29 is 9.53 Å². The summed E-state index contributed by atoms with van der Waals surface area (Å²) >= 11 is 1.28. The van der Waals surface area contributed by atoms with Gasteiger partial charge in [-0.2, -0.15) is 0 Å². The number of amides is 1. The number of hydrogen-bond donors (Lipinski definition) is 1. The van der Waals surface area contributed by atoms with Crippen LogP contribution >= 0.6 is 11.3 Å². The average molecular weight is 233 g/mol. The van der Waals surface area contributed by atoms with E-state index in [1.54, 1.807) is 11.4 Å². The van der Waals surface area contributed by atoms with E-state index < -0.39 is 5.91 Å². The first-order valence-electron chi connectivity index (χ1n) is 4.78. The molecule has 0 aliphatic rings. The number of ether oxygens (including phenoxy) is 1. The number of hydrogen-bond acceptors (Lipinski definition) is 3. The number of nitrogens with two attached hydrogens (primary N) is 1. The third-order valence-electron chi connectivity index (χ3n) is 2.10. The highest BCUT2D eigenvalue weighted by Gasteiger charge is 2.11. The van der Waals surface area contributed by atoms with E-state index in [0.717, 1.165) is 5.56 Å². The van der Waals surface area contributed by atoms with Crippen molar-refractivity contribution in [2.24, 2.45) is 5.73 Å². The van der Waals surface area contributed by atoms with Crippen molar-refractivity contribution in [2.75, 3.05) is 0 Å². The fourth-order valence-corrected chi connectivity index (χ4v) is 1.96. The number of carbonyl (C=O) groups excluding carboxylic acids is 1. The van der Waals surface area contributed by atoms with Crippen molar-refractivity contribution in [2.45, 2.75) is 6.92 Å². The maximum atomic E-state index is 11.1. The van der Waals surface area contributed by atoms with Crippen molar-refractivity contribution >= 4 is 17.2 Å². The van der Waals surface area contributed by atoms with Crippen molar-refractivity contribution in [1.29, 1.82) is 0 Å². The van der Waals surface area contributed by atoms with Gasteiger partial charge in [-0.1, -0.05) is 17.7 Å². The first-order valence-corrected chi connectivity index (χ1v) is 5.66. The maximum Gasteiger partial charge on any atom is 0.262 e. The van der Waals surface area contributed by atoms with E-state index in [0.29, 0.717) is 16.4 Å². The molecule has 2 rings (SSSR count). The van der Waals surface area contributed by atoms with Gasteiger partial charge in [0.15, 0.2) is 5.75 Å². The zero-order valence-electron chi connectivity index (χ0n) is 8.77. The van der Waals surface area contributed by atoms with Gasteiger partial charge in [0.05, 0.1) is 0 Å². The van der Waals surface area contributed by atoms with Crippen molar-refractivity contribution in [1.82, 2.24) is 0 Å². The molecule has 0 bridgehead atoms. The van der Waals surface area contributed by atoms with Gasteiger partial charge in [-0.25, -0.2) is 0 Å². The van der Waals surface area contributed by atoms with Gasteiger partial charge in [0.2, 0.25) is 0 Å². The lowest BCUT2D eigenvalue weighted by molar-refractivity contribution is 0.100. The number of aryl methyl sites for hydroxylation is 1. The van der Waals surface area contributed by atoms with Crippen molar-refractivity contribution in [3.8, 4) is 11.5 Å². The molecule has 0 unspecified atom stereocenters. The molecule has 0 saturated heterocycles. The SMILES string of the molecule is Cc1ccc(Oc2ccsc2C(N)=O)cc1. The Hall–Kier alpha value is -1.81. The smallest absolute Gasteiger partial charge is 0.262 e. The molecule has 1 aromatic carbocycles. The third-order valence-corrected chi connectivity index (χ3v) is 3.01. The third kappa shape index (κ3) is 2.23. The van der Waals surface area contributed by atoms with Gasteiger partial charge in [0.1, 0.15) is 10.6 Å². The number of rotatable bonds is 3. The predicted molar refractivity (Wildman–Crippen MR) is 64.1 cm³/mol. The molecule has 0 aliphatic carbocycles. The van der Waals surface area contributed by atoms with Crippen LogP contribution < -0.4 is 10.5 Å². The molecule has 0 aliphatic heterocycles. The monoisotopic (exact) mass is 233 g/mol. The van der Waals surface area contributed by atoms with E-state index in [9.17, 15) is 4.79 Å². The van der Waals surface area contributed by atoms with Gasteiger partial charge in [-0.3, -0.25) is 4.79 Å². The van der Waals surface area contributed by atoms with Gasteiger partial charge in [-0.15, -0.1) is 11.3 Å². The Kier molecular flexibility index (Phi) is 2.92. The summed E-state index contributed by atoms with van der Waals surface area (Å²) in [4.78, 5) is 11.5. The first-order chi connectivity index (χ1) is 7.66. The van der Waals surface area contributed by atoms with Crippen LogP contribution in [0, 0.1) is 6.92 Å². The Balaban J connectivity index is 2.23. The van der Waals surface area contributed by atoms with Gasteiger partial charge >= 0.3 is 0 Å². The minimum Gasteiger partial charge on any atom is -0.456 e. The largest absolute Gasteiger partial charge is 0.456 e. The molecule has 0 fully saturated rings. The molecule has 1 amide bonds. The Labute approximate surface area is 97.5 Å². The normalized spacial score (nSPS) is 10.1. The van der Waals surface area contributed by atoms with Crippen LogP contribution in [-0.4, -0.2) is 5.91 Å². The van der Waals surface area contributed by atoms with Gasteiger partial charge in [0, 0.05) is 0 Å². The zero-order chi connectivity index (χ0) is 11.5. The van der Waals surface area contributed by atoms with Crippen LogP contribution in [-0.2, 0) is 0 Å². The lowest BCUT2D eigenvalue weighted by atomic mass is 10.2. The maximum absolute atomic E-state index is 11.1. The van der Waals surface area contributed by atoms with Crippen LogP contribution in [0.1, 0.15) is 15.2 Å². The molecule has 1 heterocycles. The summed E-state index contributed by atoms with van der Waals surface area (Å²) in [5.74, 6) is 0.755. The fourth-order valence-electron chi connectivity index (χ4n) is 1.29. The summed E-state index contributed by atoms with van der Waals surface area (Å²) in [5, 5.41) is 1.78. The van der Waals surface area contributed by atoms with Crippen molar-refractivity contribution in [3.05, 3.63) is 46.2 Å². The van der Waals surface area contributed by atoms with Crippen LogP contribution in [0.2, 0.25) is 0 Å². The Morgan fingerprint density at radius 3 is 2.56 bits per heavy atom. The second kappa shape index (κ2) is 4.37. The molecule has 2 aromatic rings. The van der Waals surface area contributed by atoms with E-state index in [1.807, 2.05) is 31.2 Å². The van der Waals surface area contributed by atoms with Crippen LogP contribution in [0.4, 0.5) is 0 Å². The fraction of sp³-hybridized carbons (Fsp3) is 0.0833. The lowest BCUT2D eigenvalue weighted by Gasteiger charge is -2.05. The van der Waals surface area contributed by atoms with Crippen LogP contribution in [0.3, 0.4) is 0 Å². The highest BCUT2D eigenvalue weighted by molar-refractivity contribution is 7.12. The highest BCUT2D eigenvalue weighted by Crippen LogP contribution is 2.29. The molecule has 16 heavy (non-hydrogen) atoms. The zero-order valence-corrected chi connectivity index (χ0v) is 9.58. The standard InChI is InChI=1S/C12H11NO2S/c1-8-2-4-9(5-3-8)15-10-6-7-16-11(10)12(13)14/h2-7H,1H3,(H2,13,14). The van der Waals surface area contributed by atoms with Crippen molar-refractivity contribution in [3.63, 3.8) is 0 Å². The quantitative estimate of drug-likeness (QED) is 0.886. The number of benzene rings is 1. The van der Waals surface area contributed by atoms with E-state index in [-0.39, 0.29) is 0 Å². The molecule has 0 spiro atoms. The van der Waals surface area contributed by atoms with E-state index in [2.05, 4.69) is 0 Å². The van der Waals surface area contributed by atoms with E-state index in [1.165, 1.54) is 11.3 Å². The summed E-state index contributed by atoms with van der Waals surface area (Å²) in [6.07, 6.45) is 0. The minimum absolute atomic E-state index is 0.445. The van der Waals surface area contributed by atoms with Gasteiger partial charge < -0.3 is 10.5 Å². The summed E-state index contributed by atoms with van der Waals surface area (Å²) < 4.78 is 5.58. The highest BCUT2D eigenvalue weighted by atomic mass is 32.1. The number of thiophene rings is 1. The first kappa shape index (κ1) is 10.7. The summed E-state index contributed by atoms with van der Waals surface area (Å²) in [6.45, 7) is 2.00. The molecule has 82 valence electrons. The second-order valence-corrected chi connectivity index (χ2v) is 4.31. The molecule has 2 N–H and O–H groups in total. The number of carbonyl (C=O) groups is 1. The summed E-state index contributed by atoms with van der Waals surface area (Å²) in [6, 6.07) is 9.36. The predicted octanol–water partition coefficient (Wildman–Crippen LogP) is 2.95. The molecule has 4 heteroatoms. The Morgan fingerprint density at radius 1 is 1.25 bits per heavy atom. The van der Waals surface area contributed by atoms with Crippen LogP contribution in [0.15, 0.2) is 35.7 Å². The Bertz CT molecular complexity index is 502. The Morgan fingerprint density at radius 2 is 1.94 bits per heavy atom. The second-order valence-electron chi connectivity index (χ2n) is 3.39. The van der Waals surface area contributed by atoms with Crippen LogP contribution in [0.25, 0.3) is 0 Å². The molecular weight excluding hydrogens is 222 g/mol. The average Bonchev–Trinajstić information content (AvgIpc) is 2.69. The molecule has 3 nitrogen and oxygen atoms in total. The van der Waals surface area contributed by atoms with E-state index in [4.69, 9.17) is 10.5 Å². The van der Waals surface area contributed by atoms with Gasteiger partial charge in [-0.05, 0) is 30.5 Å². The van der Waals surface area contributed by atoms with E-state index >= 15 is 0 Å². The summed E-state index contributed by atoms with van der Waals surface area (Å²) in [7, 11) is 0.